The Morgan fingerprint density at radius 1 is 1.06 bits per heavy atom. The Morgan fingerprint density at radius 3 is 2.55 bits per heavy atom. The maximum absolute atomic E-state index is 13.2. The number of aryl methyl sites for hydroxylation is 2. The summed E-state index contributed by atoms with van der Waals surface area (Å²) in [6, 6.07) is 9.69. The molecule has 8 heteroatoms. The molecule has 0 aliphatic carbocycles. The smallest absolute Gasteiger partial charge is 0.264 e. The van der Waals surface area contributed by atoms with Crippen LogP contribution in [0.25, 0.3) is 16.9 Å². The standard InChI is InChI=1S/C25H28N6O2/c1-16-7-8-18(20-9-11-26-24(28-20)25(3,4)5)13-21(16)31-15-27-22(17(2)23(31)32)33-14-19-10-12-30(6)29-19/h7-13,15H,14H2,1-6H3. The third-order valence-corrected chi connectivity index (χ3v) is 5.37. The predicted octanol–water partition coefficient (Wildman–Crippen LogP) is 3.92. The van der Waals surface area contributed by atoms with Crippen LogP contribution >= 0.6 is 0 Å². The first-order valence-corrected chi connectivity index (χ1v) is 10.8. The molecule has 0 fully saturated rings. The predicted molar refractivity (Wildman–Crippen MR) is 127 cm³/mol. The molecule has 8 nitrogen and oxygen atoms in total. The third-order valence-electron chi connectivity index (χ3n) is 5.37. The summed E-state index contributed by atoms with van der Waals surface area (Å²) >= 11 is 0. The number of ether oxygens (including phenoxy) is 1. The van der Waals surface area contributed by atoms with E-state index in [0.29, 0.717) is 11.4 Å². The van der Waals surface area contributed by atoms with Gasteiger partial charge in [-0.25, -0.2) is 15.0 Å². The molecule has 3 heterocycles. The lowest BCUT2D eigenvalue weighted by Crippen LogP contribution is -2.23. The van der Waals surface area contributed by atoms with Crippen LogP contribution in [0.2, 0.25) is 0 Å². The number of hydrogen-bond acceptors (Lipinski definition) is 6. The van der Waals surface area contributed by atoms with Crippen molar-refractivity contribution in [2.75, 3.05) is 0 Å². The molecule has 0 radical (unpaired) electrons. The van der Waals surface area contributed by atoms with Crippen LogP contribution in [-0.4, -0.2) is 29.3 Å². The van der Waals surface area contributed by atoms with Gasteiger partial charge in [-0.05, 0) is 37.6 Å². The summed E-state index contributed by atoms with van der Waals surface area (Å²) in [6.45, 7) is 10.2. The number of rotatable bonds is 5. The number of aromatic nitrogens is 6. The van der Waals surface area contributed by atoms with Crippen molar-refractivity contribution in [1.82, 2.24) is 29.3 Å². The largest absolute Gasteiger partial charge is 0.471 e. The lowest BCUT2D eigenvalue weighted by molar-refractivity contribution is 0.284. The molecule has 0 aliphatic heterocycles. The Hall–Kier alpha value is -3.81. The van der Waals surface area contributed by atoms with Crippen molar-refractivity contribution in [3.05, 3.63) is 82.1 Å². The zero-order valence-electron chi connectivity index (χ0n) is 19.8. The molecule has 170 valence electrons. The Labute approximate surface area is 192 Å². The number of nitrogens with zero attached hydrogens (tertiary/aromatic N) is 6. The zero-order chi connectivity index (χ0) is 23.8. The Morgan fingerprint density at radius 2 is 1.85 bits per heavy atom. The van der Waals surface area contributed by atoms with E-state index in [0.717, 1.165) is 34.0 Å². The fraction of sp³-hybridized carbons (Fsp3) is 0.320. The summed E-state index contributed by atoms with van der Waals surface area (Å²) in [6.07, 6.45) is 5.12. The van der Waals surface area contributed by atoms with Crippen LogP contribution in [0.3, 0.4) is 0 Å². The molecule has 4 aromatic rings. The second-order valence-corrected chi connectivity index (χ2v) is 9.14. The summed E-state index contributed by atoms with van der Waals surface area (Å²) in [5.74, 6) is 1.08. The molecular formula is C25H28N6O2. The van der Waals surface area contributed by atoms with Crippen molar-refractivity contribution in [1.29, 1.82) is 0 Å². The maximum Gasteiger partial charge on any atom is 0.264 e. The van der Waals surface area contributed by atoms with E-state index in [4.69, 9.17) is 9.72 Å². The van der Waals surface area contributed by atoms with E-state index in [1.54, 1.807) is 22.4 Å². The average molecular weight is 445 g/mol. The molecular weight excluding hydrogens is 416 g/mol. The molecule has 0 amide bonds. The molecule has 0 N–H and O–H groups in total. The van der Waals surface area contributed by atoms with Gasteiger partial charge in [0.2, 0.25) is 5.88 Å². The molecule has 0 aliphatic rings. The Balaban J connectivity index is 1.68. The average Bonchev–Trinajstić information content (AvgIpc) is 3.20. The summed E-state index contributed by atoms with van der Waals surface area (Å²) in [4.78, 5) is 26.8. The van der Waals surface area contributed by atoms with Crippen LogP contribution in [-0.2, 0) is 19.1 Å². The highest BCUT2D eigenvalue weighted by atomic mass is 16.5. The van der Waals surface area contributed by atoms with Gasteiger partial charge in [-0.2, -0.15) is 5.10 Å². The first-order chi connectivity index (χ1) is 15.6. The topological polar surface area (TPSA) is 87.7 Å². The van der Waals surface area contributed by atoms with E-state index in [2.05, 4.69) is 35.8 Å². The molecule has 0 saturated heterocycles. The first kappa shape index (κ1) is 22.4. The van der Waals surface area contributed by atoms with Crippen LogP contribution in [0.4, 0.5) is 0 Å². The van der Waals surface area contributed by atoms with Crippen molar-refractivity contribution in [2.45, 2.75) is 46.6 Å². The van der Waals surface area contributed by atoms with Gasteiger partial charge in [0.15, 0.2) is 0 Å². The van der Waals surface area contributed by atoms with E-state index in [1.165, 1.54) is 6.33 Å². The van der Waals surface area contributed by atoms with Gasteiger partial charge in [-0.1, -0.05) is 32.9 Å². The summed E-state index contributed by atoms with van der Waals surface area (Å²) in [5, 5.41) is 4.28. The monoisotopic (exact) mass is 444 g/mol. The van der Waals surface area contributed by atoms with Gasteiger partial charge in [0.1, 0.15) is 18.8 Å². The molecule has 0 atom stereocenters. The van der Waals surface area contributed by atoms with Crippen LogP contribution in [0, 0.1) is 13.8 Å². The minimum absolute atomic E-state index is 0.160. The van der Waals surface area contributed by atoms with E-state index >= 15 is 0 Å². The molecule has 0 saturated carbocycles. The molecule has 33 heavy (non-hydrogen) atoms. The second-order valence-electron chi connectivity index (χ2n) is 9.14. The van der Waals surface area contributed by atoms with Crippen LogP contribution in [0.5, 0.6) is 5.88 Å². The van der Waals surface area contributed by atoms with Gasteiger partial charge < -0.3 is 4.74 Å². The zero-order valence-corrected chi connectivity index (χ0v) is 19.8. The fourth-order valence-electron chi connectivity index (χ4n) is 3.44. The van der Waals surface area contributed by atoms with Crippen molar-refractivity contribution in [3.8, 4) is 22.8 Å². The van der Waals surface area contributed by atoms with Crippen molar-refractivity contribution in [3.63, 3.8) is 0 Å². The molecule has 0 unspecified atom stereocenters. The van der Waals surface area contributed by atoms with Gasteiger partial charge in [0.05, 0.1) is 22.6 Å². The maximum atomic E-state index is 13.2. The van der Waals surface area contributed by atoms with Crippen LogP contribution in [0.15, 0.2) is 53.8 Å². The Kier molecular flexibility index (Phi) is 5.84. The lowest BCUT2D eigenvalue weighted by atomic mass is 9.95. The SMILES string of the molecule is Cc1ccc(-c2ccnc(C(C)(C)C)n2)cc1-n1cnc(OCc2ccn(C)n2)c(C)c1=O. The highest BCUT2D eigenvalue weighted by Crippen LogP contribution is 2.25. The molecule has 0 bridgehead atoms. The fourth-order valence-corrected chi connectivity index (χ4v) is 3.44. The minimum Gasteiger partial charge on any atom is -0.471 e. The van der Waals surface area contributed by atoms with Gasteiger partial charge in [-0.3, -0.25) is 14.0 Å². The highest BCUT2D eigenvalue weighted by Gasteiger charge is 2.18. The van der Waals surface area contributed by atoms with E-state index < -0.39 is 0 Å². The summed E-state index contributed by atoms with van der Waals surface area (Å²) < 4.78 is 9.01. The first-order valence-electron chi connectivity index (χ1n) is 10.8. The third kappa shape index (κ3) is 4.69. The number of hydrogen-bond donors (Lipinski definition) is 0. The lowest BCUT2D eigenvalue weighted by Gasteiger charge is -2.17. The molecule has 0 spiro atoms. The van der Waals surface area contributed by atoms with Crippen molar-refractivity contribution < 1.29 is 4.74 Å². The number of benzene rings is 1. The van der Waals surface area contributed by atoms with Crippen molar-refractivity contribution >= 4 is 0 Å². The molecule has 3 aromatic heterocycles. The van der Waals surface area contributed by atoms with Crippen molar-refractivity contribution in [2.24, 2.45) is 7.05 Å². The second kappa shape index (κ2) is 8.61. The van der Waals surface area contributed by atoms with Crippen LogP contribution in [0.1, 0.15) is 43.4 Å². The van der Waals surface area contributed by atoms with Crippen LogP contribution < -0.4 is 10.3 Å². The minimum atomic E-state index is -0.181. The van der Waals surface area contributed by atoms with E-state index in [-0.39, 0.29) is 17.6 Å². The quantitative estimate of drug-likeness (QED) is 0.464. The van der Waals surface area contributed by atoms with Gasteiger partial charge >= 0.3 is 0 Å². The molecule has 4 rings (SSSR count). The van der Waals surface area contributed by atoms with Gasteiger partial charge in [-0.15, -0.1) is 0 Å². The normalized spacial score (nSPS) is 11.6. The highest BCUT2D eigenvalue weighted by molar-refractivity contribution is 5.64. The van der Waals surface area contributed by atoms with Gasteiger partial charge in [0.25, 0.3) is 5.56 Å². The van der Waals surface area contributed by atoms with Gasteiger partial charge in [0, 0.05) is 30.4 Å². The Bertz CT molecular complexity index is 1360. The van der Waals surface area contributed by atoms with E-state index in [1.807, 2.05) is 50.5 Å². The molecule has 1 aromatic carbocycles. The van der Waals surface area contributed by atoms with E-state index in [9.17, 15) is 4.79 Å². The summed E-state index contributed by atoms with van der Waals surface area (Å²) in [7, 11) is 1.84. The summed E-state index contributed by atoms with van der Waals surface area (Å²) in [5.41, 5.74) is 4.29.